The van der Waals surface area contributed by atoms with Gasteiger partial charge in [-0.2, -0.15) is 0 Å². The number of hydrogen-bond acceptors (Lipinski definition) is 3. The molecule has 1 fully saturated rings. The second-order valence-electron chi connectivity index (χ2n) is 6.68. The number of carbonyl (C=O) groups excluding carboxylic acids is 1. The fraction of sp³-hybridized carbons (Fsp3) is 0.391. The van der Waals surface area contributed by atoms with Crippen LogP contribution in [0.2, 0.25) is 0 Å². The third-order valence-electron chi connectivity index (χ3n) is 4.58. The molecule has 0 amide bonds. The van der Waals surface area contributed by atoms with Gasteiger partial charge in [0.1, 0.15) is 5.65 Å². The summed E-state index contributed by atoms with van der Waals surface area (Å²) in [6.45, 7) is 8.70. The zero-order chi connectivity index (χ0) is 19.6. The van der Waals surface area contributed by atoms with Gasteiger partial charge in [0.25, 0.3) is 0 Å². The smallest absolute Gasteiger partial charge is 0.151 e. The number of hydrogen-bond donors (Lipinski definition) is 0. The van der Waals surface area contributed by atoms with Gasteiger partial charge in [-0.05, 0) is 64.2 Å². The lowest BCUT2D eigenvalue weighted by Crippen LogP contribution is -2.24. The van der Waals surface area contributed by atoms with E-state index in [-0.39, 0.29) is 0 Å². The van der Waals surface area contributed by atoms with Gasteiger partial charge in [0.15, 0.2) is 6.29 Å². The molecule has 0 spiro atoms. The maximum Gasteiger partial charge on any atom is 0.151 e. The Bertz CT molecular complexity index is 830. The molecule has 0 aliphatic carbocycles. The van der Waals surface area contributed by atoms with Gasteiger partial charge in [0, 0.05) is 29.0 Å². The number of aromatic nitrogens is 2. The summed E-state index contributed by atoms with van der Waals surface area (Å²) in [5.74, 6) is 0. The average Bonchev–Trinajstić information content (AvgIpc) is 3.14. The number of likely N-dealkylation sites (tertiary alicyclic amines) is 1. The van der Waals surface area contributed by atoms with Gasteiger partial charge in [-0.3, -0.25) is 4.79 Å². The summed E-state index contributed by atoms with van der Waals surface area (Å²) >= 11 is 0. The maximum absolute atomic E-state index is 10.7. The average molecular weight is 366 g/mol. The molecule has 0 atom stereocenters. The first kappa shape index (κ1) is 20.8. The largest absolute Gasteiger partial charge is 0.306 e. The SMILES string of the molecule is CC.CN1CCCCC1.Cc1ccc(-n2ccc3cc(C=O)cnc32)cc1. The Morgan fingerprint density at radius 3 is 2.22 bits per heavy atom. The predicted molar refractivity (Wildman–Crippen MR) is 114 cm³/mol. The molecule has 27 heavy (non-hydrogen) atoms. The minimum absolute atomic E-state index is 0.601. The van der Waals surface area contributed by atoms with E-state index in [1.165, 1.54) is 37.9 Å². The molecule has 4 rings (SSSR count). The molecular formula is C23H31N3O. The molecule has 0 unspecified atom stereocenters. The molecule has 4 nitrogen and oxygen atoms in total. The third kappa shape index (κ3) is 5.76. The summed E-state index contributed by atoms with van der Waals surface area (Å²) in [5.41, 5.74) is 3.77. The van der Waals surface area contributed by atoms with E-state index in [0.717, 1.165) is 23.0 Å². The standard InChI is InChI=1S/C15H12N2O.C6H13N.C2H6/c1-11-2-4-14(5-3-11)17-7-6-13-8-12(10-18)9-16-15(13)17;1-7-5-3-2-4-6-7;1-2/h2-10H,1H3;2-6H2,1H3;1-2H3. The van der Waals surface area contributed by atoms with Gasteiger partial charge in [0.2, 0.25) is 0 Å². The Hall–Kier alpha value is -2.46. The topological polar surface area (TPSA) is 38.1 Å². The summed E-state index contributed by atoms with van der Waals surface area (Å²) in [7, 11) is 2.19. The highest BCUT2D eigenvalue weighted by Crippen LogP contribution is 2.19. The van der Waals surface area contributed by atoms with Gasteiger partial charge in [-0.15, -0.1) is 0 Å². The fourth-order valence-corrected chi connectivity index (χ4v) is 3.07. The van der Waals surface area contributed by atoms with E-state index >= 15 is 0 Å². The highest BCUT2D eigenvalue weighted by molar-refractivity contribution is 5.85. The molecule has 1 aromatic carbocycles. The van der Waals surface area contributed by atoms with Crippen molar-refractivity contribution in [2.75, 3.05) is 20.1 Å². The van der Waals surface area contributed by atoms with Crippen LogP contribution in [0.1, 0.15) is 49.0 Å². The number of nitrogens with zero attached hydrogens (tertiary/aromatic N) is 3. The van der Waals surface area contributed by atoms with Crippen molar-refractivity contribution in [2.45, 2.75) is 40.0 Å². The molecule has 4 heteroatoms. The Morgan fingerprint density at radius 1 is 1.00 bits per heavy atom. The Morgan fingerprint density at radius 2 is 1.67 bits per heavy atom. The van der Waals surface area contributed by atoms with Crippen LogP contribution in [0.25, 0.3) is 16.7 Å². The van der Waals surface area contributed by atoms with Gasteiger partial charge in [0.05, 0.1) is 0 Å². The quantitative estimate of drug-likeness (QED) is 0.580. The van der Waals surface area contributed by atoms with E-state index in [1.54, 1.807) is 6.20 Å². The maximum atomic E-state index is 10.7. The van der Waals surface area contributed by atoms with Crippen LogP contribution >= 0.6 is 0 Å². The van der Waals surface area contributed by atoms with Crippen LogP contribution in [0, 0.1) is 6.92 Å². The molecule has 144 valence electrons. The van der Waals surface area contributed by atoms with Crippen molar-refractivity contribution in [3.63, 3.8) is 0 Å². The highest BCUT2D eigenvalue weighted by atomic mass is 16.1. The van der Waals surface area contributed by atoms with Gasteiger partial charge in [-0.1, -0.05) is 38.0 Å². The number of pyridine rings is 1. The lowest BCUT2D eigenvalue weighted by Gasteiger charge is -2.20. The van der Waals surface area contributed by atoms with Crippen LogP contribution in [0.3, 0.4) is 0 Å². The summed E-state index contributed by atoms with van der Waals surface area (Å²) < 4.78 is 2.02. The van der Waals surface area contributed by atoms with Gasteiger partial charge < -0.3 is 9.47 Å². The normalized spacial score (nSPS) is 13.9. The van der Waals surface area contributed by atoms with E-state index < -0.39 is 0 Å². The van der Waals surface area contributed by atoms with Crippen molar-refractivity contribution in [1.82, 2.24) is 14.5 Å². The van der Waals surface area contributed by atoms with Crippen molar-refractivity contribution in [1.29, 1.82) is 0 Å². The molecule has 1 saturated heterocycles. The van der Waals surface area contributed by atoms with Crippen LogP contribution in [0.15, 0.2) is 48.8 Å². The molecule has 3 heterocycles. The number of aldehydes is 1. The van der Waals surface area contributed by atoms with Crippen molar-refractivity contribution in [3.05, 3.63) is 59.9 Å². The molecule has 0 radical (unpaired) electrons. The Balaban J connectivity index is 0.000000244. The summed E-state index contributed by atoms with van der Waals surface area (Å²) in [6, 6.07) is 12.1. The summed E-state index contributed by atoms with van der Waals surface area (Å²) in [6.07, 6.45) is 8.66. The number of benzene rings is 1. The van der Waals surface area contributed by atoms with E-state index in [1.807, 2.05) is 36.7 Å². The van der Waals surface area contributed by atoms with Crippen molar-refractivity contribution in [3.8, 4) is 5.69 Å². The molecule has 3 aromatic rings. The van der Waals surface area contributed by atoms with Crippen LogP contribution < -0.4 is 0 Å². The second-order valence-corrected chi connectivity index (χ2v) is 6.68. The fourth-order valence-electron chi connectivity index (χ4n) is 3.07. The molecule has 0 N–H and O–H groups in total. The first-order chi connectivity index (χ1) is 13.2. The highest BCUT2D eigenvalue weighted by Gasteiger charge is 2.05. The molecule has 1 aliphatic rings. The minimum Gasteiger partial charge on any atom is -0.306 e. The van der Waals surface area contributed by atoms with E-state index in [0.29, 0.717) is 5.56 Å². The second kappa shape index (κ2) is 10.6. The number of carbonyl (C=O) groups is 1. The number of aryl methyl sites for hydroxylation is 1. The van der Waals surface area contributed by atoms with Crippen molar-refractivity contribution >= 4 is 17.3 Å². The minimum atomic E-state index is 0.601. The summed E-state index contributed by atoms with van der Waals surface area (Å²) in [4.78, 5) is 17.5. The molecule has 1 aliphatic heterocycles. The zero-order valence-corrected chi connectivity index (χ0v) is 17.0. The van der Waals surface area contributed by atoms with Gasteiger partial charge in [-0.25, -0.2) is 4.98 Å². The number of piperidine rings is 1. The third-order valence-corrected chi connectivity index (χ3v) is 4.58. The molecular weight excluding hydrogens is 334 g/mol. The van der Waals surface area contributed by atoms with Crippen LogP contribution in [0.5, 0.6) is 0 Å². The van der Waals surface area contributed by atoms with Crippen LogP contribution in [0.4, 0.5) is 0 Å². The van der Waals surface area contributed by atoms with E-state index in [2.05, 4.69) is 48.1 Å². The first-order valence-corrected chi connectivity index (χ1v) is 9.85. The molecule has 0 saturated carbocycles. The van der Waals surface area contributed by atoms with E-state index in [4.69, 9.17) is 0 Å². The monoisotopic (exact) mass is 365 g/mol. The number of rotatable bonds is 2. The molecule has 0 bridgehead atoms. The van der Waals surface area contributed by atoms with Gasteiger partial charge >= 0.3 is 0 Å². The summed E-state index contributed by atoms with van der Waals surface area (Å²) in [5, 5.41) is 0.972. The van der Waals surface area contributed by atoms with Crippen LogP contribution in [-0.2, 0) is 0 Å². The Labute approximate surface area is 162 Å². The van der Waals surface area contributed by atoms with Crippen molar-refractivity contribution < 1.29 is 4.79 Å². The van der Waals surface area contributed by atoms with E-state index in [9.17, 15) is 4.79 Å². The zero-order valence-electron chi connectivity index (χ0n) is 17.0. The number of fused-ring (bicyclic) bond motifs is 1. The van der Waals surface area contributed by atoms with Crippen LogP contribution in [-0.4, -0.2) is 40.9 Å². The lowest BCUT2D eigenvalue weighted by atomic mass is 10.1. The first-order valence-electron chi connectivity index (χ1n) is 9.85. The van der Waals surface area contributed by atoms with Crippen molar-refractivity contribution in [2.24, 2.45) is 0 Å². The Kier molecular flexibility index (Phi) is 8.21. The molecule has 2 aromatic heterocycles. The lowest BCUT2D eigenvalue weighted by molar-refractivity contribution is 0.112. The predicted octanol–water partition coefficient (Wildman–Crippen LogP) is 5.27.